The zero-order chi connectivity index (χ0) is 17.4. The predicted octanol–water partition coefficient (Wildman–Crippen LogP) is 4.01. The molecule has 1 fully saturated rings. The molecule has 1 aliphatic heterocycles. The Balaban J connectivity index is 1.32. The fourth-order valence-corrected chi connectivity index (χ4v) is 4.10. The molecule has 1 aromatic heterocycles. The topological polar surface area (TPSA) is 45.2 Å². The summed E-state index contributed by atoms with van der Waals surface area (Å²) < 4.78 is 1.20. The van der Waals surface area contributed by atoms with E-state index < -0.39 is 0 Å². The van der Waals surface area contributed by atoms with Gasteiger partial charge in [0.1, 0.15) is 0 Å². The number of carbonyl (C=O) groups excluding carboxylic acids is 1. The maximum absolute atomic E-state index is 12.3. The summed E-state index contributed by atoms with van der Waals surface area (Å²) in [4.78, 5) is 19.1. The Bertz CT molecular complexity index is 916. The third kappa shape index (κ3) is 3.48. The lowest BCUT2D eigenvalue weighted by molar-refractivity contribution is -0.125. The highest BCUT2D eigenvalue weighted by Crippen LogP contribution is 2.33. The number of hydrogen-bond donors (Lipinski definition) is 1. The van der Waals surface area contributed by atoms with Crippen LogP contribution in [0.1, 0.15) is 11.1 Å². The van der Waals surface area contributed by atoms with E-state index in [1.807, 2.05) is 24.3 Å². The van der Waals surface area contributed by atoms with Crippen LogP contribution in [0.3, 0.4) is 0 Å². The minimum Gasteiger partial charge on any atom is -0.352 e. The number of amides is 1. The maximum Gasteiger partial charge on any atom is 0.226 e. The monoisotopic (exact) mass is 371 g/mol. The van der Waals surface area contributed by atoms with E-state index in [4.69, 9.17) is 11.6 Å². The zero-order valence-corrected chi connectivity index (χ0v) is 15.4. The third-order valence-electron chi connectivity index (χ3n) is 4.44. The lowest BCUT2D eigenvalue weighted by Gasteiger charge is -2.37. The summed E-state index contributed by atoms with van der Waals surface area (Å²) in [6, 6.07) is 13.8. The molecular weight excluding hydrogens is 354 g/mol. The van der Waals surface area contributed by atoms with Crippen molar-refractivity contribution in [3.63, 3.8) is 0 Å². The minimum absolute atomic E-state index is 0.0287. The van der Waals surface area contributed by atoms with Crippen LogP contribution in [0.5, 0.6) is 0 Å². The molecule has 4 rings (SSSR count). The van der Waals surface area contributed by atoms with E-state index >= 15 is 0 Å². The van der Waals surface area contributed by atoms with Gasteiger partial charge in [0, 0.05) is 24.7 Å². The molecule has 0 atom stereocenters. The van der Waals surface area contributed by atoms with Crippen LogP contribution in [0.25, 0.3) is 10.2 Å². The molecule has 0 bridgehead atoms. The van der Waals surface area contributed by atoms with E-state index in [2.05, 4.69) is 40.3 Å². The lowest BCUT2D eigenvalue weighted by atomic mass is 10.00. The van der Waals surface area contributed by atoms with E-state index in [9.17, 15) is 4.79 Å². The van der Waals surface area contributed by atoms with Gasteiger partial charge in [-0.1, -0.05) is 41.1 Å². The number of thiazole rings is 1. The van der Waals surface area contributed by atoms with Gasteiger partial charge in [-0.25, -0.2) is 4.98 Å². The first-order valence-electron chi connectivity index (χ1n) is 8.23. The Hall–Kier alpha value is -2.11. The van der Waals surface area contributed by atoms with Crippen molar-refractivity contribution in [1.82, 2.24) is 10.3 Å². The van der Waals surface area contributed by atoms with Crippen molar-refractivity contribution >= 4 is 44.2 Å². The molecule has 2 heterocycles. The lowest BCUT2D eigenvalue weighted by Crippen LogP contribution is -2.53. The minimum atomic E-state index is 0.0287. The first-order valence-corrected chi connectivity index (χ1v) is 9.42. The van der Waals surface area contributed by atoms with E-state index in [1.165, 1.54) is 10.3 Å². The second-order valence-corrected chi connectivity index (χ2v) is 7.86. The Kier molecular flexibility index (Phi) is 4.36. The van der Waals surface area contributed by atoms with Gasteiger partial charge >= 0.3 is 0 Å². The van der Waals surface area contributed by atoms with Crippen LogP contribution >= 0.6 is 22.9 Å². The van der Waals surface area contributed by atoms with Gasteiger partial charge in [-0.05, 0) is 42.3 Å². The van der Waals surface area contributed by atoms with Crippen molar-refractivity contribution in [2.45, 2.75) is 13.5 Å². The van der Waals surface area contributed by atoms with Crippen molar-refractivity contribution in [1.29, 1.82) is 0 Å². The fraction of sp³-hybridized carbons (Fsp3) is 0.263. The van der Waals surface area contributed by atoms with E-state index in [-0.39, 0.29) is 11.8 Å². The number of anilines is 1. The summed E-state index contributed by atoms with van der Waals surface area (Å²) in [7, 11) is 0. The molecule has 4 nitrogen and oxygen atoms in total. The fourth-order valence-electron chi connectivity index (χ4n) is 2.89. The number of aromatic nitrogens is 1. The van der Waals surface area contributed by atoms with Crippen molar-refractivity contribution < 1.29 is 4.79 Å². The first kappa shape index (κ1) is 16.4. The van der Waals surface area contributed by atoms with E-state index in [1.54, 1.807) is 11.3 Å². The number of fused-ring (bicyclic) bond motifs is 1. The highest BCUT2D eigenvalue weighted by Gasteiger charge is 2.34. The van der Waals surface area contributed by atoms with Crippen LogP contribution in [-0.4, -0.2) is 24.0 Å². The number of aryl methyl sites for hydroxylation is 1. The molecular formula is C19H18ClN3OS. The molecule has 3 aromatic rings. The largest absolute Gasteiger partial charge is 0.352 e. The molecule has 0 saturated carbocycles. The summed E-state index contributed by atoms with van der Waals surface area (Å²) in [5.41, 5.74) is 3.32. The standard InChI is InChI=1S/C19H18ClN3OS/c1-12-2-7-16-17(8-12)25-19(22-16)23-10-14(11-23)18(24)21-9-13-3-5-15(20)6-4-13/h2-8,14H,9-11H2,1H3,(H,21,24). The number of carbonyl (C=O) groups is 1. The van der Waals surface area contributed by atoms with Crippen molar-refractivity contribution in [2.75, 3.05) is 18.0 Å². The second kappa shape index (κ2) is 6.65. The SMILES string of the molecule is Cc1ccc2nc(N3CC(C(=O)NCc4ccc(Cl)cc4)C3)sc2c1. The summed E-state index contributed by atoms with van der Waals surface area (Å²) in [6.07, 6.45) is 0. The highest BCUT2D eigenvalue weighted by atomic mass is 35.5. The normalized spacial score (nSPS) is 14.6. The molecule has 1 amide bonds. The molecule has 6 heteroatoms. The third-order valence-corrected chi connectivity index (χ3v) is 5.77. The molecule has 0 aliphatic carbocycles. The average molecular weight is 372 g/mol. The van der Waals surface area contributed by atoms with Gasteiger partial charge in [0.05, 0.1) is 16.1 Å². The molecule has 2 aromatic carbocycles. The number of nitrogens with one attached hydrogen (secondary N) is 1. The first-order chi connectivity index (χ1) is 12.1. The Morgan fingerprint density at radius 1 is 1.28 bits per heavy atom. The second-order valence-electron chi connectivity index (χ2n) is 6.41. The number of benzene rings is 2. The molecule has 0 spiro atoms. The van der Waals surface area contributed by atoms with Crippen LogP contribution in [0.4, 0.5) is 5.13 Å². The van der Waals surface area contributed by atoms with Gasteiger partial charge in [0.2, 0.25) is 5.91 Å². The molecule has 0 radical (unpaired) electrons. The summed E-state index contributed by atoms with van der Waals surface area (Å²) in [5.74, 6) is 0.129. The highest BCUT2D eigenvalue weighted by molar-refractivity contribution is 7.22. The van der Waals surface area contributed by atoms with Gasteiger partial charge in [-0.2, -0.15) is 0 Å². The van der Waals surface area contributed by atoms with E-state index in [0.29, 0.717) is 11.6 Å². The number of rotatable bonds is 4. The van der Waals surface area contributed by atoms with Crippen LogP contribution in [-0.2, 0) is 11.3 Å². The van der Waals surface area contributed by atoms with Gasteiger partial charge < -0.3 is 10.2 Å². The molecule has 0 unspecified atom stereocenters. The van der Waals surface area contributed by atoms with E-state index in [0.717, 1.165) is 29.3 Å². The number of hydrogen-bond acceptors (Lipinski definition) is 4. The van der Waals surface area contributed by atoms with Crippen molar-refractivity contribution in [3.05, 3.63) is 58.6 Å². The average Bonchev–Trinajstić information content (AvgIpc) is 2.95. The number of halogens is 1. The predicted molar refractivity (Wildman–Crippen MR) is 103 cm³/mol. The van der Waals surface area contributed by atoms with Crippen LogP contribution in [0, 0.1) is 12.8 Å². The van der Waals surface area contributed by atoms with Gasteiger partial charge in [0.25, 0.3) is 0 Å². The Labute approximate surface area is 155 Å². The summed E-state index contributed by atoms with van der Waals surface area (Å²) >= 11 is 7.56. The van der Waals surface area contributed by atoms with Gasteiger partial charge in [-0.15, -0.1) is 0 Å². The summed E-state index contributed by atoms with van der Waals surface area (Å²) in [6.45, 7) is 4.08. The van der Waals surface area contributed by atoms with Crippen LogP contribution < -0.4 is 10.2 Å². The quantitative estimate of drug-likeness (QED) is 0.753. The van der Waals surface area contributed by atoms with Crippen LogP contribution in [0.2, 0.25) is 5.02 Å². The molecule has 25 heavy (non-hydrogen) atoms. The maximum atomic E-state index is 12.3. The van der Waals surface area contributed by atoms with Crippen molar-refractivity contribution in [2.24, 2.45) is 5.92 Å². The Morgan fingerprint density at radius 2 is 2.04 bits per heavy atom. The zero-order valence-electron chi connectivity index (χ0n) is 13.8. The Morgan fingerprint density at radius 3 is 2.80 bits per heavy atom. The molecule has 1 N–H and O–H groups in total. The molecule has 1 saturated heterocycles. The summed E-state index contributed by atoms with van der Waals surface area (Å²) in [5, 5.41) is 4.71. The molecule has 1 aliphatic rings. The molecule has 128 valence electrons. The van der Waals surface area contributed by atoms with Crippen molar-refractivity contribution in [3.8, 4) is 0 Å². The van der Waals surface area contributed by atoms with Gasteiger partial charge in [0.15, 0.2) is 5.13 Å². The van der Waals surface area contributed by atoms with Gasteiger partial charge in [-0.3, -0.25) is 4.79 Å². The number of nitrogens with zero attached hydrogens (tertiary/aromatic N) is 2. The smallest absolute Gasteiger partial charge is 0.226 e. The van der Waals surface area contributed by atoms with Crippen LogP contribution in [0.15, 0.2) is 42.5 Å².